The Balaban J connectivity index is 0. The summed E-state index contributed by atoms with van der Waals surface area (Å²) in [5.41, 5.74) is 0. The van der Waals surface area contributed by atoms with Crippen molar-refractivity contribution in [1.29, 1.82) is 0 Å². The van der Waals surface area contributed by atoms with Gasteiger partial charge >= 0.3 is 0 Å². The molecule has 0 aliphatic rings. The summed E-state index contributed by atoms with van der Waals surface area (Å²) < 4.78 is 9.71. The van der Waals surface area contributed by atoms with E-state index in [1.54, 1.807) is 0 Å². The molecule has 0 rings (SSSR count). The molecule has 0 fully saturated rings. The Labute approximate surface area is 70.6 Å². The van der Waals surface area contributed by atoms with Crippen LogP contribution in [-0.4, -0.2) is 22.0 Å². The summed E-state index contributed by atoms with van der Waals surface area (Å²) in [7, 11) is 0.0358. The Morgan fingerprint density at radius 2 is 2.18 bits per heavy atom. The van der Waals surface area contributed by atoms with E-state index >= 15 is 0 Å². The van der Waals surface area contributed by atoms with Crippen LogP contribution >= 0.6 is 17.3 Å². The smallest absolute Gasteiger partial charge is 0.192 e. The van der Waals surface area contributed by atoms with E-state index < -0.39 is 8.03 Å². The van der Waals surface area contributed by atoms with Crippen LogP contribution in [0.1, 0.15) is 13.3 Å². The molecular formula is C6H16O3P2. The largest absolute Gasteiger partial charge is 0.389 e. The average Bonchev–Trinajstić information content (AvgIpc) is 1.89. The Morgan fingerprint density at radius 1 is 1.82 bits per heavy atom. The molecule has 0 heterocycles. The highest BCUT2D eigenvalue weighted by Crippen LogP contribution is 2.10. The van der Waals surface area contributed by atoms with Gasteiger partial charge in [-0.1, -0.05) is 13.0 Å². The standard InChI is InChI=1S/C3H7O2P.C3H9OP/c1-2-3-6(4)5;1-2-3(4)5/h2,6H,1,3H2,(H,4,5);3-4H,2,5H2,1H3. The second-order valence-corrected chi connectivity index (χ2v) is 3.83. The molecule has 0 aliphatic carbocycles. The molecule has 0 aromatic heterocycles. The number of aliphatic hydroxyl groups is 1. The highest BCUT2D eigenvalue weighted by molar-refractivity contribution is 7.38. The Bertz CT molecular complexity index is 114. The van der Waals surface area contributed by atoms with Crippen LogP contribution in [-0.2, 0) is 4.57 Å². The third kappa shape index (κ3) is 25.2. The first kappa shape index (κ1) is 13.9. The molecule has 3 unspecified atom stereocenters. The number of rotatable bonds is 3. The summed E-state index contributed by atoms with van der Waals surface area (Å²) in [6, 6.07) is 0. The van der Waals surface area contributed by atoms with Crippen LogP contribution in [0.15, 0.2) is 12.7 Å². The van der Waals surface area contributed by atoms with Crippen LogP contribution in [0.3, 0.4) is 0 Å². The summed E-state index contributed by atoms with van der Waals surface area (Å²) >= 11 is 0. The highest BCUT2D eigenvalue weighted by atomic mass is 31.1. The van der Waals surface area contributed by atoms with Crippen LogP contribution in [0.25, 0.3) is 0 Å². The van der Waals surface area contributed by atoms with Crippen molar-refractivity contribution in [3.63, 3.8) is 0 Å². The second kappa shape index (κ2) is 10.3. The quantitative estimate of drug-likeness (QED) is 0.529. The average molecular weight is 198 g/mol. The van der Waals surface area contributed by atoms with Gasteiger partial charge < -0.3 is 10.00 Å². The molecule has 0 saturated heterocycles. The third-order valence-electron chi connectivity index (χ3n) is 0.737. The number of hydrogen-bond donors (Lipinski definition) is 2. The van der Waals surface area contributed by atoms with E-state index in [0.717, 1.165) is 6.42 Å². The van der Waals surface area contributed by atoms with Gasteiger partial charge in [0.05, 0.1) is 5.85 Å². The van der Waals surface area contributed by atoms with Crippen molar-refractivity contribution in [2.45, 2.75) is 19.2 Å². The molecule has 0 amide bonds. The molecule has 5 heteroatoms. The molecule has 2 N–H and O–H groups in total. The molecule has 0 spiro atoms. The van der Waals surface area contributed by atoms with Crippen LogP contribution in [0, 0.1) is 0 Å². The predicted octanol–water partition coefficient (Wildman–Crippen LogP) is 1.23. The monoisotopic (exact) mass is 198 g/mol. The van der Waals surface area contributed by atoms with Crippen LogP contribution < -0.4 is 0 Å². The van der Waals surface area contributed by atoms with Gasteiger partial charge in [-0.15, -0.1) is 15.8 Å². The molecule has 3 nitrogen and oxygen atoms in total. The van der Waals surface area contributed by atoms with Crippen molar-refractivity contribution < 1.29 is 14.6 Å². The molecule has 0 aliphatic heterocycles. The van der Waals surface area contributed by atoms with Crippen LogP contribution in [0.4, 0.5) is 0 Å². The van der Waals surface area contributed by atoms with Gasteiger partial charge in [-0.2, -0.15) is 0 Å². The lowest BCUT2D eigenvalue weighted by Crippen LogP contribution is -1.87. The van der Waals surface area contributed by atoms with E-state index in [1.165, 1.54) is 6.08 Å². The fraction of sp³-hybridized carbons (Fsp3) is 0.667. The van der Waals surface area contributed by atoms with E-state index in [4.69, 9.17) is 10.00 Å². The zero-order valence-corrected chi connectivity index (χ0v) is 8.81. The SMILES string of the molecule is C=CC[PH](=O)O.CCC(O)P. The first-order valence-electron chi connectivity index (χ1n) is 3.30. The fourth-order valence-electron chi connectivity index (χ4n) is 0.123. The second-order valence-electron chi connectivity index (χ2n) is 1.86. The van der Waals surface area contributed by atoms with Gasteiger partial charge in [-0.3, -0.25) is 4.57 Å². The summed E-state index contributed by atoms with van der Waals surface area (Å²) in [5.74, 6) is -0.199. The van der Waals surface area contributed by atoms with Crippen LogP contribution in [0.5, 0.6) is 0 Å². The van der Waals surface area contributed by atoms with E-state index in [2.05, 4.69) is 15.8 Å². The number of hydrogen-bond acceptors (Lipinski definition) is 2. The summed E-state index contributed by atoms with van der Waals surface area (Å²) in [4.78, 5) is 8.03. The normalized spacial score (nSPS) is 14.2. The van der Waals surface area contributed by atoms with E-state index in [-0.39, 0.29) is 12.0 Å². The molecular weight excluding hydrogens is 182 g/mol. The highest BCUT2D eigenvalue weighted by Gasteiger charge is 1.81. The van der Waals surface area contributed by atoms with Gasteiger partial charge in [0, 0.05) is 6.16 Å². The first-order valence-corrected chi connectivity index (χ1v) is 5.53. The lowest BCUT2D eigenvalue weighted by atomic mass is 10.5. The predicted molar refractivity (Wildman–Crippen MR) is 52.3 cm³/mol. The molecule has 0 aromatic carbocycles. The fourth-order valence-corrected chi connectivity index (χ4v) is 0.370. The lowest BCUT2D eigenvalue weighted by molar-refractivity contribution is 0.258. The maximum atomic E-state index is 9.71. The van der Waals surface area contributed by atoms with Gasteiger partial charge in [0.25, 0.3) is 0 Å². The first-order chi connectivity index (χ1) is 5.04. The van der Waals surface area contributed by atoms with Crippen molar-refractivity contribution >= 4 is 17.3 Å². The molecule has 0 radical (unpaired) electrons. The molecule has 11 heavy (non-hydrogen) atoms. The summed E-state index contributed by atoms with van der Waals surface area (Å²) in [5, 5.41) is 8.32. The molecule has 3 atom stereocenters. The van der Waals surface area contributed by atoms with E-state index in [0.29, 0.717) is 0 Å². The summed E-state index contributed by atoms with van der Waals surface area (Å²) in [6.07, 6.45) is 2.50. The Morgan fingerprint density at radius 3 is 2.18 bits per heavy atom. The maximum Gasteiger partial charge on any atom is 0.192 e. The van der Waals surface area contributed by atoms with Crippen molar-refractivity contribution in [2.24, 2.45) is 0 Å². The van der Waals surface area contributed by atoms with E-state index in [9.17, 15) is 4.57 Å². The third-order valence-corrected chi connectivity index (χ3v) is 1.85. The van der Waals surface area contributed by atoms with Gasteiger partial charge in [-0.25, -0.2) is 0 Å². The molecule has 0 bridgehead atoms. The topological polar surface area (TPSA) is 57.5 Å². The van der Waals surface area contributed by atoms with Gasteiger partial charge in [-0.05, 0) is 6.42 Å². The molecule has 0 aromatic rings. The van der Waals surface area contributed by atoms with Gasteiger partial charge in [0.2, 0.25) is 0 Å². The zero-order valence-electron chi connectivity index (χ0n) is 6.66. The van der Waals surface area contributed by atoms with Crippen molar-refractivity contribution in [2.75, 3.05) is 6.16 Å². The Hall–Kier alpha value is 0.320. The van der Waals surface area contributed by atoms with E-state index in [1.807, 2.05) is 6.92 Å². The minimum atomic E-state index is -2.25. The van der Waals surface area contributed by atoms with Gasteiger partial charge in [0.1, 0.15) is 0 Å². The Kier molecular flexibility index (Phi) is 13.0. The maximum absolute atomic E-state index is 9.71. The lowest BCUT2D eigenvalue weighted by Gasteiger charge is -1.90. The minimum Gasteiger partial charge on any atom is -0.389 e. The molecule has 0 saturated carbocycles. The van der Waals surface area contributed by atoms with Crippen molar-refractivity contribution in [3.8, 4) is 0 Å². The zero-order chi connectivity index (χ0) is 9.28. The summed E-state index contributed by atoms with van der Waals surface area (Å²) in [6.45, 7) is 5.19. The van der Waals surface area contributed by atoms with Gasteiger partial charge in [0.15, 0.2) is 8.03 Å². The minimum absolute atomic E-state index is 0.199. The number of allylic oxidation sites excluding steroid dienone is 1. The molecule has 68 valence electrons. The van der Waals surface area contributed by atoms with Crippen molar-refractivity contribution in [3.05, 3.63) is 12.7 Å². The van der Waals surface area contributed by atoms with Crippen LogP contribution in [0.2, 0.25) is 0 Å². The number of aliphatic hydroxyl groups excluding tert-OH is 1. The van der Waals surface area contributed by atoms with Crippen molar-refractivity contribution in [1.82, 2.24) is 0 Å².